The second-order valence-corrected chi connectivity index (χ2v) is 4.13. The van der Waals surface area contributed by atoms with E-state index < -0.39 is 0 Å². The van der Waals surface area contributed by atoms with Crippen LogP contribution in [0.4, 0.5) is 0 Å². The third kappa shape index (κ3) is 1.33. The zero-order valence-electron chi connectivity index (χ0n) is 7.43. The highest BCUT2D eigenvalue weighted by atomic mass is 79.9. The summed E-state index contributed by atoms with van der Waals surface area (Å²) in [6.45, 7) is 2.76. The molecule has 3 nitrogen and oxygen atoms in total. The standard InChI is InChI=1S/C9H8BrClO3/c1-4-6(11)7(12)5(10)9-8(4)13-2-3-14-9/h12H,2-3H2,1H3. The van der Waals surface area contributed by atoms with E-state index in [0.29, 0.717) is 39.8 Å². The van der Waals surface area contributed by atoms with E-state index in [2.05, 4.69) is 15.9 Å². The molecule has 0 aliphatic carbocycles. The molecule has 1 aliphatic heterocycles. The number of fused-ring (bicyclic) bond motifs is 1. The van der Waals surface area contributed by atoms with Gasteiger partial charge in [-0.2, -0.15) is 0 Å². The predicted molar refractivity (Wildman–Crippen MR) is 56.5 cm³/mol. The molecule has 2 rings (SSSR count). The minimum absolute atomic E-state index is 0.00610. The Labute approximate surface area is 94.7 Å². The Kier molecular flexibility index (Phi) is 2.49. The maximum Gasteiger partial charge on any atom is 0.179 e. The fourth-order valence-electron chi connectivity index (χ4n) is 1.34. The number of hydrogen-bond acceptors (Lipinski definition) is 3. The number of hydrogen-bond donors (Lipinski definition) is 1. The number of aromatic hydroxyl groups is 1. The van der Waals surface area contributed by atoms with Crippen LogP contribution < -0.4 is 9.47 Å². The summed E-state index contributed by atoms with van der Waals surface area (Å²) in [5.41, 5.74) is 0.696. The summed E-state index contributed by atoms with van der Waals surface area (Å²) in [4.78, 5) is 0. The van der Waals surface area contributed by atoms with E-state index in [1.54, 1.807) is 6.92 Å². The van der Waals surface area contributed by atoms with Crippen molar-refractivity contribution in [2.75, 3.05) is 13.2 Å². The first-order valence-electron chi connectivity index (χ1n) is 4.09. The summed E-state index contributed by atoms with van der Waals surface area (Å²) in [7, 11) is 0. The van der Waals surface area contributed by atoms with Crippen LogP contribution in [0.15, 0.2) is 4.47 Å². The molecule has 0 saturated heterocycles. The Morgan fingerprint density at radius 3 is 2.50 bits per heavy atom. The van der Waals surface area contributed by atoms with Gasteiger partial charge >= 0.3 is 0 Å². The van der Waals surface area contributed by atoms with Crippen LogP contribution in [0.3, 0.4) is 0 Å². The van der Waals surface area contributed by atoms with Crippen LogP contribution in [0.1, 0.15) is 5.56 Å². The summed E-state index contributed by atoms with van der Waals surface area (Å²) in [6, 6.07) is 0. The van der Waals surface area contributed by atoms with Gasteiger partial charge in [-0.25, -0.2) is 0 Å². The molecule has 1 aromatic carbocycles. The molecule has 14 heavy (non-hydrogen) atoms. The van der Waals surface area contributed by atoms with Gasteiger partial charge < -0.3 is 14.6 Å². The molecular formula is C9H8BrClO3. The summed E-state index contributed by atoms with van der Waals surface area (Å²) < 4.78 is 11.2. The Balaban J connectivity index is 2.71. The topological polar surface area (TPSA) is 38.7 Å². The van der Waals surface area contributed by atoms with Gasteiger partial charge in [0.2, 0.25) is 0 Å². The Morgan fingerprint density at radius 2 is 1.86 bits per heavy atom. The molecule has 0 radical (unpaired) electrons. The van der Waals surface area contributed by atoms with Crippen LogP contribution >= 0.6 is 27.5 Å². The normalized spacial score (nSPS) is 14.2. The van der Waals surface area contributed by atoms with Crippen molar-refractivity contribution in [3.8, 4) is 17.2 Å². The Morgan fingerprint density at radius 1 is 1.29 bits per heavy atom. The van der Waals surface area contributed by atoms with E-state index in [4.69, 9.17) is 21.1 Å². The Hall–Kier alpha value is -0.610. The quantitative estimate of drug-likeness (QED) is 0.793. The number of ether oxygens (including phenoxy) is 2. The van der Waals surface area contributed by atoms with Crippen molar-refractivity contribution in [2.24, 2.45) is 0 Å². The maximum absolute atomic E-state index is 9.63. The molecular weight excluding hydrogens is 271 g/mol. The van der Waals surface area contributed by atoms with Gasteiger partial charge in [0.25, 0.3) is 0 Å². The van der Waals surface area contributed by atoms with Crippen molar-refractivity contribution in [1.82, 2.24) is 0 Å². The van der Waals surface area contributed by atoms with Gasteiger partial charge in [0.15, 0.2) is 17.2 Å². The summed E-state index contributed by atoms with van der Waals surface area (Å²) in [6.07, 6.45) is 0. The minimum Gasteiger partial charge on any atom is -0.505 e. The van der Waals surface area contributed by atoms with Gasteiger partial charge in [0.1, 0.15) is 17.7 Å². The second-order valence-electron chi connectivity index (χ2n) is 2.96. The zero-order valence-corrected chi connectivity index (χ0v) is 9.78. The van der Waals surface area contributed by atoms with Crippen molar-refractivity contribution in [3.05, 3.63) is 15.1 Å². The van der Waals surface area contributed by atoms with Crippen LogP contribution in [0.25, 0.3) is 0 Å². The lowest BCUT2D eigenvalue weighted by molar-refractivity contribution is 0.168. The molecule has 0 bridgehead atoms. The first-order chi connectivity index (χ1) is 6.63. The fraction of sp³-hybridized carbons (Fsp3) is 0.333. The zero-order chi connectivity index (χ0) is 10.3. The smallest absolute Gasteiger partial charge is 0.179 e. The fourth-order valence-corrected chi connectivity index (χ4v) is 2.13. The number of halogens is 2. The first kappa shape index (κ1) is 9.93. The highest BCUT2D eigenvalue weighted by Crippen LogP contribution is 2.49. The summed E-state index contributed by atoms with van der Waals surface area (Å²) in [5, 5.41) is 9.92. The third-order valence-corrected chi connectivity index (χ3v) is 3.27. The van der Waals surface area contributed by atoms with Crippen LogP contribution in [0.5, 0.6) is 17.2 Å². The average Bonchev–Trinajstić information content (AvgIpc) is 2.23. The number of rotatable bonds is 0. The van der Waals surface area contributed by atoms with Crippen molar-refractivity contribution >= 4 is 27.5 Å². The first-order valence-corrected chi connectivity index (χ1v) is 5.26. The molecule has 0 spiro atoms. The lowest BCUT2D eigenvalue weighted by Gasteiger charge is -2.22. The van der Waals surface area contributed by atoms with Crippen molar-refractivity contribution in [2.45, 2.75) is 6.92 Å². The number of phenolic OH excluding ortho intramolecular Hbond substituents is 1. The minimum atomic E-state index is -0.00610. The summed E-state index contributed by atoms with van der Waals surface area (Å²) in [5.74, 6) is 1.12. The molecule has 5 heteroatoms. The molecule has 0 amide bonds. The molecule has 1 aromatic rings. The third-order valence-electron chi connectivity index (χ3n) is 2.07. The molecule has 1 heterocycles. The molecule has 0 saturated carbocycles. The predicted octanol–water partition coefficient (Wildman–Crippen LogP) is 2.89. The van der Waals surface area contributed by atoms with Crippen molar-refractivity contribution in [1.29, 1.82) is 0 Å². The Bertz CT molecular complexity index is 355. The highest BCUT2D eigenvalue weighted by molar-refractivity contribution is 9.10. The van der Waals surface area contributed by atoms with E-state index in [1.165, 1.54) is 0 Å². The van der Waals surface area contributed by atoms with Crippen LogP contribution in [-0.4, -0.2) is 18.3 Å². The molecule has 0 atom stereocenters. The van der Waals surface area contributed by atoms with Gasteiger partial charge in [-0.3, -0.25) is 0 Å². The number of benzene rings is 1. The van der Waals surface area contributed by atoms with Crippen LogP contribution in [0, 0.1) is 6.92 Å². The van der Waals surface area contributed by atoms with Gasteiger partial charge in [0.05, 0.1) is 5.02 Å². The maximum atomic E-state index is 9.63. The van der Waals surface area contributed by atoms with Crippen LogP contribution in [0.2, 0.25) is 5.02 Å². The lowest BCUT2D eigenvalue weighted by atomic mass is 10.2. The molecule has 1 N–H and O–H groups in total. The van der Waals surface area contributed by atoms with Gasteiger partial charge in [0, 0.05) is 5.56 Å². The van der Waals surface area contributed by atoms with E-state index in [0.717, 1.165) is 0 Å². The summed E-state index contributed by atoms with van der Waals surface area (Å²) >= 11 is 9.12. The lowest BCUT2D eigenvalue weighted by Crippen LogP contribution is -2.16. The van der Waals surface area contributed by atoms with Crippen LogP contribution in [-0.2, 0) is 0 Å². The highest BCUT2D eigenvalue weighted by Gasteiger charge is 2.24. The van der Waals surface area contributed by atoms with Crippen molar-refractivity contribution in [3.63, 3.8) is 0 Å². The van der Waals surface area contributed by atoms with E-state index in [-0.39, 0.29) is 5.75 Å². The molecule has 1 aliphatic rings. The van der Waals surface area contributed by atoms with Gasteiger partial charge in [-0.15, -0.1) is 0 Å². The molecule has 0 aromatic heterocycles. The van der Waals surface area contributed by atoms with Gasteiger partial charge in [-0.05, 0) is 22.9 Å². The molecule has 0 fully saturated rings. The molecule has 0 unspecified atom stereocenters. The van der Waals surface area contributed by atoms with E-state index in [1.807, 2.05) is 0 Å². The monoisotopic (exact) mass is 278 g/mol. The largest absolute Gasteiger partial charge is 0.505 e. The van der Waals surface area contributed by atoms with E-state index in [9.17, 15) is 5.11 Å². The second kappa shape index (κ2) is 3.51. The SMILES string of the molecule is Cc1c(Cl)c(O)c(Br)c2c1OCCO2. The number of phenols is 1. The van der Waals surface area contributed by atoms with E-state index >= 15 is 0 Å². The molecule has 76 valence electrons. The van der Waals surface area contributed by atoms with Crippen molar-refractivity contribution < 1.29 is 14.6 Å². The average molecular weight is 280 g/mol. The van der Waals surface area contributed by atoms with Gasteiger partial charge in [-0.1, -0.05) is 11.6 Å².